The summed E-state index contributed by atoms with van der Waals surface area (Å²) in [6, 6.07) is 5.96. The minimum absolute atomic E-state index is 0.0121. The van der Waals surface area contributed by atoms with Gasteiger partial charge in [-0.3, -0.25) is 14.4 Å². The second-order valence-corrected chi connectivity index (χ2v) is 8.25. The Hall–Kier alpha value is -2.48. The number of likely N-dealkylation sites (tertiary alicyclic amines) is 1. The maximum atomic E-state index is 13.0. The Labute approximate surface area is 160 Å². The van der Waals surface area contributed by atoms with E-state index in [4.69, 9.17) is 5.26 Å². The van der Waals surface area contributed by atoms with E-state index in [1.165, 1.54) is 0 Å². The molecule has 1 aliphatic carbocycles. The third kappa shape index (κ3) is 3.66. The van der Waals surface area contributed by atoms with Gasteiger partial charge in [-0.05, 0) is 55.7 Å². The molecule has 1 heterocycles. The van der Waals surface area contributed by atoms with E-state index in [0.29, 0.717) is 38.8 Å². The van der Waals surface area contributed by atoms with Crippen molar-refractivity contribution in [3.8, 4) is 6.07 Å². The molecule has 0 atom stereocenters. The molecule has 27 heavy (non-hydrogen) atoms. The Morgan fingerprint density at radius 3 is 2.11 bits per heavy atom. The van der Waals surface area contributed by atoms with Crippen molar-refractivity contribution in [3.63, 3.8) is 0 Å². The molecule has 0 radical (unpaired) electrons. The molecule has 0 N–H and O–H groups in total. The van der Waals surface area contributed by atoms with Crippen LogP contribution >= 0.6 is 0 Å². The van der Waals surface area contributed by atoms with Crippen molar-refractivity contribution in [2.75, 3.05) is 13.1 Å². The number of ketones is 2. The zero-order valence-electron chi connectivity index (χ0n) is 16.3. The molecule has 5 heteroatoms. The van der Waals surface area contributed by atoms with Crippen molar-refractivity contribution in [3.05, 3.63) is 34.4 Å². The molecule has 1 amide bonds. The lowest BCUT2D eigenvalue weighted by Gasteiger charge is -2.44. The maximum absolute atomic E-state index is 13.0. The third-order valence-corrected chi connectivity index (χ3v) is 6.18. The summed E-state index contributed by atoms with van der Waals surface area (Å²) in [5.41, 5.74) is 3.71. The van der Waals surface area contributed by atoms with Crippen molar-refractivity contribution in [2.24, 2.45) is 5.41 Å². The predicted molar refractivity (Wildman–Crippen MR) is 101 cm³/mol. The summed E-state index contributed by atoms with van der Waals surface area (Å²) in [6.07, 6.45) is 1.99. The fourth-order valence-corrected chi connectivity index (χ4v) is 4.92. The van der Waals surface area contributed by atoms with Crippen molar-refractivity contribution < 1.29 is 14.4 Å². The topological polar surface area (TPSA) is 78.2 Å². The second-order valence-electron chi connectivity index (χ2n) is 8.25. The highest BCUT2D eigenvalue weighted by Gasteiger charge is 2.47. The van der Waals surface area contributed by atoms with Crippen LogP contribution in [0.25, 0.3) is 0 Å². The first kappa shape index (κ1) is 19.3. The van der Waals surface area contributed by atoms with E-state index in [-0.39, 0.29) is 29.3 Å². The molecule has 0 unspecified atom stereocenters. The number of piperidine rings is 1. The normalized spacial score (nSPS) is 20.0. The van der Waals surface area contributed by atoms with Crippen LogP contribution in [-0.2, 0) is 14.4 Å². The first-order valence-electron chi connectivity index (χ1n) is 9.54. The number of hydrogen-bond donors (Lipinski definition) is 0. The van der Waals surface area contributed by atoms with Crippen LogP contribution in [-0.4, -0.2) is 35.5 Å². The van der Waals surface area contributed by atoms with E-state index in [2.05, 4.69) is 0 Å². The maximum Gasteiger partial charge on any atom is 0.236 e. The number of Topliss-reactive ketones (excluding diaryl/α,β-unsaturated/α-hetero) is 2. The number of nitrogens with zero attached hydrogens (tertiary/aromatic N) is 2. The Balaban J connectivity index is 1.77. The molecular formula is C22H26N2O3. The Morgan fingerprint density at radius 2 is 1.63 bits per heavy atom. The lowest BCUT2D eigenvalue weighted by molar-refractivity contribution is -0.140. The third-order valence-electron chi connectivity index (χ3n) is 6.18. The van der Waals surface area contributed by atoms with Gasteiger partial charge in [0, 0.05) is 25.9 Å². The van der Waals surface area contributed by atoms with Crippen molar-refractivity contribution in [2.45, 2.75) is 58.8 Å². The highest BCUT2D eigenvalue weighted by atomic mass is 16.2. The summed E-state index contributed by atoms with van der Waals surface area (Å²) >= 11 is 0. The van der Waals surface area contributed by atoms with E-state index in [0.717, 1.165) is 22.3 Å². The molecule has 0 bridgehead atoms. The first-order chi connectivity index (χ1) is 12.8. The Kier molecular flexibility index (Phi) is 5.19. The van der Waals surface area contributed by atoms with E-state index in [1.807, 2.05) is 39.0 Å². The summed E-state index contributed by atoms with van der Waals surface area (Å²) < 4.78 is 0. The molecule has 1 aromatic rings. The molecule has 2 aliphatic rings. The lowest BCUT2D eigenvalue weighted by Crippen LogP contribution is -2.48. The highest BCUT2D eigenvalue weighted by molar-refractivity contribution is 6.10. The van der Waals surface area contributed by atoms with Gasteiger partial charge < -0.3 is 4.90 Å². The van der Waals surface area contributed by atoms with Crippen LogP contribution in [0.2, 0.25) is 0 Å². The van der Waals surface area contributed by atoms with Crippen molar-refractivity contribution in [1.82, 2.24) is 4.90 Å². The van der Waals surface area contributed by atoms with Crippen LogP contribution in [0.15, 0.2) is 12.1 Å². The van der Waals surface area contributed by atoms with Gasteiger partial charge in [-0.25, -0.2) is 0 Å². The number of amides is 1. The number of benzene rings is 1. The summed E-state index contributed by atoms with van der Waals surface area (Å²) in [5, 5.41) is 8.69. The average Bonchev–Trinajstić information content (AvgIpc) is 2.57. The minimum Gasteiger partial charge on any atom is -0.342 e. The predicted octanol–water partition coefficient (Wildman–Crippen LogP) is 3.15. The first-order valence-corrected chi connectivity index (χ1v) is 9.54. The fraction of sp³-hybridized carbons (Fsp3) is 0.545. The van der Waals surface area contributed by atoms with Crippen LogP contribution in [0.1, 0.15) is 60.3 Å². The van der Waals surface area contributed by atoms with Gasteiger partial charge in [0.05, 0.1) is 6.07 Å². The van der Waals surface area contributed by atoms with E-state index in [9.17, 15) is 14.4 Å². The molecule has 5 nitrogen and oxygen atoms in total. The van der Waals surface area contributed by atoms with Gasteiger partial charge in [0.15, 0.2) is 0 Å². The molecule has 2 fully saturated rings. The standard InChI is InChI=1S/C22H26N2O3/c1-14-10-15(2)20(16(3)11-14)21-17(25)12-22(13-18(21)26)5-8-24(9-6-22)19(27)4-7-23/h10-11,21H,4-6,8-9,12-13H2,1-3H3. The van der Waals surface area contributed by atoms with Gasteiger partial charge in [0.2, 0.25) is 5.91 Å². The lowest BCUT2D eigenvalue weighted by atomic mass is 9.62. The molecule has 1 saturated carbocycles. The Bertz CT molecular complexity index is 799. The molecule has 1 spiro atoms. The average molecular weight is 366 g/mol. The van der Waals surface area contributed by atoms with Gasteiger partial charge >= 0.3 is 0 Å². The van der Waals surface area contributed by atoms with Crippen molar-refractivity contribution >= 4 is 17.5 Å². The molecule has 1 aromatic carbocycles. The summed E-state index contributed by atoms with van der Waals surface area (Å²) in [4.78, 5) is 39.7. The van der Waals surface area contributed by atoms with Crippen LogP contribution in [0.4, 0.5) is 0 Å². The zero-order valence-corrected chi connectivity index (χ0v) is 16.3. The van der Waals surface area contributed by atoms with E-state index in [1.54, 1.807) is 4.90 Å². The summed E-state index contributed by atoms with van der Waals surface area (Å²) in [5.74, 6) is -0.782. The van der Waals surface area contributed by atoms with E-state index < -0.39 is 5.92 Å². The van der Waals surface area contributed by atoms with E-state index >= 15 is 0 Å². The number of hydrogen-bond acceptors (Lipinski definition) is 4. The van der Waals surface area contributed by atoms with Crippen LogP contribution in [0.3, 0.4) is 0 Å². The summed E-state index contributed by atoms with van der Waals surface area (Å²) in [6.45, 7) is 7.01. The van der Waals surface area contributed by atoms with Crippen LogP contribution in [0.5, 0.6) is 0 Å². The fourth-order valence-electron chi connectivity index (χ4n) is 4.92. The van der Waals surface area contributed by atoms with Gasteiger partial charge in [0.1, 0.15) is 23.9 Å². The zero-order chi connectivity index (χ0) is 19.8. The smallest absolute Gasteiger partial charge is 0.236 e. The largest absolute Gasteiger partial charge is 0.342 e. The number of aryl methyl sites for hydroxylation is 3. The molecule has 3 rings (SSSR count). The number of rotatable bonds is 2. The highest BCUT2D eigenvalue weighted by Crippen LogP contribution is 2.46. The molecule has 1 aliphatic heterocycles. The SMILES string of the molecule is Cc1cc(C)c(C2C(=O)CC3(CCN(C(=O)CC#N)CC3)CC2=O)c(C)c1. The number of carbonyl (C=O) groups excluding carboxylic acids is 3. The van der Waals surface area contributed by atoms with Gasteiger partial charge in [-0.15, -0.1) is 0 Å². The quantitative estimate of drug-likeness (QED) is 0.753. The number of nitriles is 1. The molecule has 0 aromatic heterocycles. The minimum atomic E-state index is -0.644. The van der Waals surface area contributed by atoms with Gasteiger partial charge in [-0.1, -0.05) is 17.7 Å². The Morgan fingerprint density at radius 1 is 1.11 bits per heavy atom. The molecular weight excluding hydrogens is 340 g/mol. The van der Waals surface area contributed by atoms with Crippen molar-refractivity contribution in [1.29, 1.82) is 5.26 Å². The summed E-state index contributed by atoms with van der Waals surface area (Å²) in [7, 11) is 0. The van der Waals surface area contributed by atoms with Gasteiger partial charge in [0.25, 0.3) is 0 Å². The second kappa shape index (κ2) is 7.26. The van der Waals surface area contributed by atoms with Crippen LogP contribution in [0, 0.1) is 37.5 Å². The van der Waals surface area contributed by atoms with Gasteiger partial charge in [-0.2, -0.15) is 5.26 Å². The monoisotopic (exact) mass is 366 g/mol. The van der Waals surface area contributed by atoms with Crippen LogP contribution < -0.4 is 0 Å². The number of carbonyl (C=O) groups is 3. The molecule has 142 valence electrons. The molecule has 1 saturated heterocycles.